The van der Waals surface area contributed by atoms with E-state index >= 15 is 0 Å². The topological polar surface area (TPSA) is 96.2 Å². The van der Waals surface area contributed by atoms with Crippen molar-refractivity contribution in [1.29, 1.82) is 0 Å². The molecular weight excluding hydrogens is 448 g/mol. The average Bonchev–Trinajstić information content (AvgIpc) is 3.50. The number of amides is 1. The van der Waals surface area contributed by atoms with E-state index in [4.69, 9.17) is 29.0 Å². The minimum atomic E-state index is -0.0904. The lowest BCUT2D eigenvalue weighted by atomic mass is 10.1. The summed E-state index contributed by atoms with van der Waals surface area (Å²) in [6, 6.07) is 12.9. The molecular formula is C26H26N4O5. The maximum atomic E-state index is 12.6. The minimum absolute atomic E-state index is 0.0904. The Bertz CT molecular complexity index is 1410. The molecule has 9 nitrogen and oxygen atoms in total. The van der Waals surface area contributed by atoms with E-state index in [0.717, 1.165) is 33.9 Å². The van der Waals surface area contributed by atoms with Crippen molar-refractivity contribution in [3.8, 4) is 34.3 Å². The van der Waals surface area contributed by atoms with E-state index in [1.807, 2.05) is 42.6 Å². The molecule has 4 aromatic rings. The highest BCUT2D eigenvalue weighted by Crippen LogP contribution is 2.34. The van der Waals surface area contributed by atoms with Gasteiger partial charge in [-0.15, -0.1) is 0 Å². The molecule has 5 rings (SSSR count). The van der Waals surface area contributed by atoms with Gasteiger partial charge in [0.25, 0.3) is 0 Å². The van der Waals surface area contributed by atoms with Crippen LogP contribution in [-0.4, -0.2) is 41.5 Å². The second-order valence-corrected chi connectivity index (χ2v) is 8.28. The van der Waals surface area contributed by atoms with Crippen LogP contribution in [0.1, 0.15) is 23.4 Å². The number of hydrogen-bond acceptors (Lipinski definition) is 7. The molecule has 3 heterocycles. The number of nitrogens with zero attached hydrogens (tertiary/aromatic N) is 3. The van der Waals surface area contributed by atoms with Gasteiger partial charge in [-0.2, -0.15) is 5.10 Å². The van der Waals surface area contributed by atoms with Gasteiger partial charge in [0.15, 0.2) is 17.1 Å². The third-order valence-corrected chi connectivity index (χ3v) is 6.07. The molecule has 2 aromatic carbocycles. The van der Waals surface area contributed by atoms with Gasteiger partial charge in [-0.05, 0) is 50.1 Å². The van der Waals surface area contributed by atoms with Crippen molar-refractivity contribution < 1.29 is 23.7 Å². The van der Waals surface area contributed by atoms with Gasteiger partial charge in [-0.3, -0.25) is 4.79 Å². The molecule has 0 aliphatic carbocycles. The first-order valence-corrected chi connectivity index (χ1v) is 11.2. The van der Waals surface area contributed by atoms with E-state index in [9.17, 15) is 4.79 Å². The average molecular weight is 475 g/mol. The van der Waals surface area contributed by atoms with Gasteiger partial charge < -0.3 is 24.3 Å². The van der Waals surface area contributed by atoms with Gasteiger partial charge in [0.05, 0.1) is 19.9 Å². The number of methoxy groups -OCH3 is 2. The standard InChI is InChI=1S/C26H26N4O5/c1-15-21(6-8-26(31)28-18-5-7-23-24(11-18)35-14-34-23)16(2)30-25(27-15)13-22(29-30)17-9-19(32-3)12-20(10-17)33-4/h5,7,9-13H,6,8,14H2,1-4H3,(H,28,31). The fourth-order valence-corrected chi connectivity index (χ4v) is 4.22. The Morgan fingerprint density at radius 1 is 1.03 bits per heavy atom. The number of rotatable bonds is 7. The highest BCUT2D eigenvalue weighted by Gasteiger charge is 2.17. The number of aromatic nitrogens is 3. The van der Waals surface area contributed by atoms with Gasteiger partial charge in [0, 0.05) is 47.3 Å². The molecule has 1 N–H and O–H groups in total. The zero-order valence-electron chi connectivity index (χ0n) is 20.0. The van der Waals surface area contributed by atoms with Crippen LogP contribution in [0.25, 0.3) is 16.9 Å². The van der Waals surface area contributed by atoms with Crippen LogP contribution in [0.3, 0.4) is 0 Å². The molecule has 35 heavy (non-hydrogen) atoms. The van der Waals surface area contributed by atoms with Crippen LogP contribution in [0, 0.1) is 13.8 Å². The van der Waals surface area contributed by atoms with Gasteiger partial charge in [-0.1, -0.05) is 0 Å². The quantitative estimate of drug-likeness (QED) is 0.426. The number of carbonyl (C=O) groups excluding carboxylic acids is 1. The van der Waals surface area contributed by atoms with Crippen LogP contribution >= 0.6 is 0 Å². The number of hydrogen-bond donors (Lipinski definition) is 1. The number of nitrogens with one attached hydrogen (secondary N) is 1. The maximum absolute atomic E-state index is 12.6. The van der Waals surface area contributed by atoms with Gasteiger partial charge in [-0.25, -0.2) is 9.50 Å². The second kappa shape index (κ2) is 9.17. The molecule has 0 saturated heterocycles. The fourth-order valence-electron chi connectivity index (χ4n) is 4.22. The highest BCUT2D eigenvalue weighted by atomic mass is 16.7. The molecule has 1 aliphatic heterocycles. The SMILES string of the molecule is COc1cc(OC)cc(-c2cc3nc(C)c(CCC(=O)Nc4ccc5c(c4)OCO5)c(C)n3n2)c1. The Hall–Kier alpha value is -4.27. The van der Waals surface area contributed by atoms with Crippen LogP contribution in [0.2, 0.25) is 0 Å². The van der Waals surface area contributed by atoms with E-state index in [2.05, 4.69) is 5.32 Å². The Kier molecular flexibility index (Phi) is 5.90. The summed E-state index contributed by atoms with van der Waals surface area (Å²) in [5.41, 5.74) is 5.86. The van der Waals surface area contributed by atoms with E-state index in [1.54, 1.807) is 32.4 Å². The highest BCUT2D eigenvalue weighted by molar-refractivity contribution is 5.91. The first-order valence-electron chi connectivity index (χ1n) is 11.2. The molecule has 1 amide bonds. The van der Waals surface area contributed by atoms with Crippen molar-refractivity contribution in [2.24, 2.45) is 0 Å². The zero-order chi connectivity index (χ0) is 24.5. The van der Waals surface area contributed by atoms with Crippen LogP contribution in [0.15, 0.2) is 42.5 Å². The van der Waals surface area contributed by atoms with Gasteiger partial charge in [0.1, 0.15) is 11.5 Å². The lowest BCUT2D eigenvalue weighted by Gasteiger charge is -2.11. The molecule has 0 saturated carbocycles. The summed E-state index contributed by atoms with van der Waals surface area (Å²) in [5.74, 6) is 2.59. The molecule has 1 aliphatic rings. The third-order valence-electron chi connectivity index (χ3n) is 6.07. The lowest BCUT2D eigenvalue weighted by molar-refractivity contribution is -0.116. The maximum Gasteiger partial charge on any atom is 0.231 e. The Morgan fingerprint density at radius 2 is 1.77 bits per heavy atom. The first kappa shape index (κ1) is 22.5. The number of anilines is 1. The molecule has 9 heteroatoms. The number of aryl methyl sites for hydroxylation is 2. The van der Waals surface area contributed by atoms with Crippen molar-refractivity contribution >= 4 is 17.2 Å². The summed E-state index contributed by atoms with van der Waals surface area (Å²) in [5, 5.41) is 7.70. The zero-order valence-corrected chi connectivity index (χ0v) is 20.0. The summed E-state index contributed by atoms with van der Waals surface area (Å²) in [6.45, 7) is 4.15. The van der Waals surface area contributed by atoms with Crippen LogP contribution in [-0.2, 0) is 11.2 Å². The fraction of sp³-hybridized carbons (Fsp3) is 0.269. The molecule has 2 aromatic heterocycles. The molecule has 0 spiro atoms. The smallest absolute Gasteiger partial charge is 0.231 e. The lowest BCUT2D eigenvalue weighted by Crippen LogP contribution is -2.14. The first-order chi connectivity index (χ1) is 16.9. The summed E-state index contributed by atoms with van der Waals surface area (Å²) in [6.07, 6.45) is 0.851. The largest absolute Gasteiger partial charge is 0.497 e. The van der Waals surface area contributed by atoms with Crippen molar-refractivity contribution in [2.75, 3.05) is 26.3 Å². The van der Waals surface area contributed by atoms with E-state index in [0.29, 0.717) is 41.5 Å². The second-order valence-electron chi connectivity index (χ2n) is 8.28. The summed E-state index contributed by atoms with van der Waals surface area (Å²) < 4.78 is 23.3. The van der Waals surface area contributed by atoms with Gasteiger partial charge >= 0.3 is 0 Å². The van der Waals surface area contributed by atoms with Crippen LogP contribution < -0.4 is 24.3 Å². The normalized spacial score (nSPS) is 12.1. The van der Waals surface area contributed by atoms with Crippen molar-refractivity contribution in [2.45, 2.75) is 26.7 Å². The van der Waals surface area contributed by atoms with Crippen molar-refractivity contribution in [3.63, 3.8) is 0 Å². The number of ether oxygens (including phenoxy) is 4. The Labute approximate surface area is 202 Å². The molecule has 180 valence electrons. The number of fused-ring (bicyclic) bond motifs is 2. The summed E-state index contributed by atoms with van der Waals surface area (Å²) >= 11 is 0. The molecule has 0 unspecified atom stereocenters. The van der Waals surface area contributed by atoms with E-state index in [1.165, 1.54) is 0 Å². The Balaban J connectivity index is 1.36. The van der Waals surface area contributed by atoms with E-state index < -0.39 is 0 Å². The van der Waals surface area contributed by atoms with Gasteiger partial charge in [0.2, 0.25) is 12.7 Å². The van der Waals surface area contributed by atoms with E-state index in [-0.39, 0.29) is 12.7 Å². The molecule has 0 atom stereocenters. The van der Waals surface area contributed by atoms with Crippen molar-refractivity contribution in [1.82, 2.24) is 14.6 Å². The number of benzene rings is 2. The predicted molar refractivity (Wildman–Crippen MR) is 131 cm³/mol. The molecule has 0 radical (unpaired) electrons. The van der Waals surface area contributed by atoms with Crippen molar-refractivity contribution in [3.05, 3.63) is 59.4 Å². The summed E-state index contributed by atoms with van der Waals surface area (Å²) in [7, 11) is 3.23. The third kappa shape index (κ3) is 4.44. The summed E-state index contributed by atoms with van der Waals surface area (Å²) in [4.78, 5) is 17.4. The van der Waals surface area contributed by atoms with Crippen LogP contribution in [0.4, 0.5) is 5.69 Å². The minimum Gasteiger partial charge on any atom is -0.497 e. The molecule has 0 bridgehead atoms. The monoisotopic (exact) mass is 474 g/mol. The van der Waals surface area contributed by atoms with Crippen LogP contribution in [0.5, 0.6) is 23.0 Å². The number of carbonyl (C=O) groups is 1. The Morgan fingerprint density at radius 3 is 2.51 bits per heavy atom. The molecule has 0 fully saturated rings. The predicted octanol–water partition coefficient (Wildman–Crippen LogP) is 4.33.